The van der Waals surface area contributed by atoms with Crippen LogP contribution < -0.4 is 5.32 Å². The van der Waals surface area contributed by atoms with Gasteiger partial charge in [-0.1, -0.05) is 12.2 Å². The Morgan fingerprint density at radius 1 is 2.00 bits per heavy atom. The smallest absolute Gasteiger partial charge is 0.0935 e. The molecule has 0 aliphatic carbocycles. The van der Waals surface area contributed by atoms with Gasteiger partial charge >= 0.3 is 0 Å². The van der Waals surface area contributed by atoms with Crippen LogP contribution in [-0.4, -0.2) is 18.2 Å². The van der Waals surface area contributed by atoms with Crippen molar-refractivity contribution in [2.24, 2.45) is 4.99 Å². The molecule has 0 atom stereocenters. The minimum atomic E-state index is 0.225. The largest absolute Gasteiger partial charge is 0.422 e. The van der Waals surface area contributed by atoms with Crippen LogP contribution in [0.5, 0.6) is 0 Å². The van der Waals surface area contributed by atoms with Gasteiger partial charge in [-0.3, -0.25) is 0 Å². The number of hydrogen-bond donors (Lipinski definition) is 1. The van der Waals surface area contributed by atoms with Crippen molar-refractivity contribution in [2.75, 3.05) is 7.05 Å². The zero-order valence-electron chi connectivity index (χ0n) is 3.80. The summed E-state index contributed by atoms with van der Waals surface area (Å²) >= 11 is 4.45. The molecule has 0 amide bonds. The molecule has 0 heterocycles. The Bertz CT molecular complexity index is 113. The average molecular weight is 114 g/mol. The molecule has 0 bridgehead atoms. The lowest BCUT2D eigenvalue weighted by Gasteiger charge is -1.94. The summed E-state index contributed by atoms with van der Waals surface area (Å²) in [6.07, 6.45) is 0. The molecule has 0 rings (SSSR count). The summed E-state index contributed by atoms with van der Waals surface area (Å²) in [4.78, 5) is 3.17. The number of rotatable bonds is 0. The van der Waals surface area contributed by atoms with Gasteiger partial charge in [0.25, 0.3) is 0 Å². The molecule has 0 saturated carbocycles. The summed E-state index contributed by atoms with van der Waals surface area (Å²) in [5.41, 5.74) is 0. The van der Waals surface area contributed by atoms with E-state index in [1.54, 1.807) is 7.05 Å². The van der Waals surface area contributed by atoms with Crippen molar-refractivity contribution in [3.63, 3.8) is 0 Å². The van der Waals surface area contributed by atoms with Crippen LogP contribution in [0.25, 0.3) is 5.41 Å². The van der Waals surface area contributed by atoms with E-state index in [0.29, 0.717) is 0 Å². The molecule has 38 valence electrons. The van der Waals surface area contributed by atoms with Crippen molar-refractivity contribution in [3.05, 3.63) is 5.41 Å². The van der Waals surface area contributed by atoms with Crippen molar-refractivity contribution in [3.8, 4) is 0 Å². The molecule has 4 heteroatoms. The van der Waals surface area contributed by atoms with Crippen LogP contribution in [0.1, 0.15) is 0 Å². The van der Waals surface area contributed by atoms with Crippen LogP contribution in [0.2, 0.25) is 0 Å². The quantitative estimate of drug-likeness (QED) is 0.362. The molecule has 0 aliphatic rings. The van der Waals surface area contributed by atoms with E-state index in [4.69, 9.17) is 5.41 Å². The third-order valence-corrected chi connectivity index (χ3v) is 0.661. The summed E-state index contributed by atoms with van der Waals surface area (Å²) in [7, 11) is 1.61. The van der Waals surface area contributed by atoms with Crippen LogP contribution in [0.4, 0.5) is 0 Å². The van der Waals surface area contributed by atoms with E-state index in [1.165, 1.54) is 6.01 Å². The van der Waals surface area contributed by atoms with Crippen LogP contribution in [0, 0.1) is 0 Å². The minimum absolute atomic E-state index is 0.225. The predicted octanol–water partition coefficient (Wildman–Crippen LogP) is 0.234. The molecule has 0 unspecified atom stereocenters. The fourth-order valence-corrected chi connectivity index (χ4v) is 0.142. The van der Waals surface area contributed by atoms with Gasteiger partial charge in [0.1, 0.15) is 0 Å². The fraction of sp³-hybridized carbons (Fsp3) is 0.333. The third-order valence-electron chi connectivity index (χ3n) is 0.365. The lowest BCUT2D eigenvalue weighted by molar-refractivity contribution is 1.18. The number of nitrogens with zero attached hydrogens (tertiary/aromatic N) is 2. The number of aliphatic imine (C=N–C) groups is 1. The second kappa shape index (κ2) is 3.46. The number of hydrogen-bond acceptors (Lipinski definition) is 1. The maximum absolute atomic E-state index is 7.82. The molecule has 3 nitrogen and oxygen atoms in total. The molecule has 1 N–H and O–H groups in total. The molecule has 0 aromatic heterocycles. The zero-order valence-corrected chi connectivity index (χ0v) is 4.62. The summed E-state index contributed by atoms with van der Waals surface area (Å²) < 4.78 is 0. The van der Waals surface area contributed by atoms with E-state index in [9.17, 15) is 0 Å². The van der Waals surface area contributed by atoms with Gasteiger partial charge in [-0.2, -0.15) is 0 Å². The van der Waals surface area contributed by atoms with Gasteiger partial charge in [0.05, 0.1) is 5.11 Å². The highest BCUT2D eigenvalue weighted by molar-refractivity contribution is 7.80. The van der Waals surface area contributed by atoms with Crippen molar-refractivity contribution in [2.45, 2.75) is 0 Å². The molecule has 7 heavy (non-hydrogen) atoms. The first-order valence-electron chi connectivity index (χ1n) is 1.62. The normalized spacial score (nSPS) is 6.43. The van der Waals surface area contributed by atoms with Gasteiger partial charge in [0.15, 0.2) is 0 Å². The van der Waals surface area contributed by atoms with Crippen molar-refractivity contribution < 1.29 is 0 Å². The fourth-order valence-electron chi connectivity index (χ4n) is 0.101. The zero-order chi connectivity index (χ0) is 5.70. The van der Waals surface area contributed by atoms with Crippen molar-refractivity contribution in [1.82, 2.24) is 5.32 Å². The number of nitrogens with one attached hydrogen (secondary N) is 1. The van der Waals surface area contributed by atoms with Crippen LogP contribution in [0.3, 0.4) is 0 Å². The van der Waals surface area contributed by atoms with Crippen LogP contribution in [0.15, 0.2) is 4.99 Å². The second-order valence-corrected chi connectivity index (χ2v) is 1.15. The summed E-state index contributed by atoms with van der Waals surface area (Å²) in [5.74, 6) is 0. The van der Waals surface area contributed by atoms with Crippen LogP contribution in [-0.2, 0) is 0 Å². The van der Waals surface area contributed by atoms with Crippen molar-refractivity contribution >= 4 is 23.3 Å². The highest BCUT2D eigenvalue weighted by atomic mass is 32.1. The van der Waals surface area contributed by atoms with Gasteiger partial charge in [0.2, 0.25) is 0 Å². The molecule has 0 aromatic carbocycles. The standard InChI is InChI=1S/C3H4N3S/c1-5-3(7)6-2-4/h1H3,(H,5,7)/q-1. The topological polar surface area (TPSA) is 46.7 Å². The second-order valence-electron chi connectivity index (χ2n) is 0.767. The van der Waals surface area contributed by atoms with Gasteiger partial charge in [-0.05, 0) is 0 Å². The first-order valence-corrected chi connectivity index (χ1v) is 2.03. The molecular formula is C3H4N3S-. The Morgan fingerprint density at radius 2 is 2.57 bits per heavy atom. The molecule has 0 spiro atoms. The molecule has 0 aliphatic heterocycles. The van der Waals surface area contributed by atoms with E-state index in [0.717, 1.165) is 0 Å². The maximum Gasteiger partial charge on any atom is 0.0935 e. The lowest BCUT2D eigenvalue weighted by atomic mass is 11.0. The first-order chi connectivity index (χ1) is 3.31. The third kappa shape index (κ3) is 3.09. The van der Waals surface area contributed by atoms with Gasteiger partial charge in [-0.25, -0.2) is 0 Å². The Balaban J connectivity index is 3.58. The van der Waals surface area contributed by atoms with E-state index in [2.05, 4.69) is 22.5 Å². The van der Waals surface area contributed by atoms with Gasteiger partial charge in [0, 0.05) is 7.05 Å². The lowest BCUT2D eigenvalue weighted by Crippen LogP contribution is -2.11. The van der Waals surface area contributed by atoms with E-state index in [1.807, 2.05) is 0 Å². The van der Waals surface area contributed by atoms with Gasteiger partial charge in [-0.15, -0.1) is 6.01 Å². The Hall–Kier alpha value is -0.730. The highest BCUT2D eigenvalue weighted by Gasteiger charge is 1.66. The summed E-state index contributed by atoms with van der Waals surface area (Å²) in [6.45, 7) is 0. The SMILES string of the molecule is CNC(=S)N=C=[N-]. The van der Waals surface area contributed by atoms with E-state index < -0.39 is 0 Å². The predicted molar refractivity (Wildman–Crippen MR) is 32.5 cm³/mol. The Kier molecular flexibility index (Phi) is 3.10. The van der Waals surface area contributed by atoms with E-state index in [-0.39, 0.29) is 5.11 Å². The molecule has 0 aromatic rings. The summed E-state index contributed by atoms with van der Waals surface area (Å²) in [5, 5.41) is 10.6. The van der Waals surface area contributed by atoms with Crippen molar-refractivity contribution in [1.29, 1.82) is 0 Å². The molecule has 0 fully saturated rings. The Labute approximate surface area is 47.0 Å². The average Bonchev–Trinajstić information content (AvgIpc) is 1.68. The summed E-state index contributed by atoms with van der Waals surface area (Å²) in [6, 6.07) is 1.54. The van der Waals surface area contributed by atoms with Gasteiger partial charge < -0.3 is 15.7 Å². The molecule has 0 saturated heterocycles. The van der Waals surface area contributed by atoms with E-state index >= 15 is 0 Å². The highest BCUT2D eigenvalue weighted by Crippen LogP contribution is 1.65. The van der Waals surface area contributed by atoms with Crippen LogP contribution >= 0.6 is 12.2 Å². The Morgan fingerprint density at radius 3 is 2.71 bits per heavy atom. The molecular weight excluding hydrogens is 110 g/mol. The maximum atomic E-state index is 7.82. The molecule has 0 radical (unpaired) electrons. The monoisotopic (exact) mass is 114 g/mol. The first kappa shape index (κ1) is 6.27. The number of thiocarbonyl (C=S) groups is 1. The minimum Gasteiger partial charge on any atom is -0.422 e.